The van der Waals surface area contributed by atoms with Crippen molar-refractivity contribution in [1.82, 2.24) is 15.2 Å². The fourth-order valence-electron chi connectivity index (χ4n) is 3.31. The van der Waals surface area contributed by atoms with E-state index in [0.717, 1.165) is 38.9 Å². The molecule has 1 N–H and O–H groups in total. The fourth-order valence-corrected chi connectivity index (χ4v) is 3.31. The van der Waals surface area contributed by atoms with Gasteiger partial charge in [0.2, 0.25) is 5.91 Å². The number of rotatable bonds is 2. The number of nitrogens with one attached hydrogen (secondary N) is 1. The van der Waals surface area contributed by atoms with Gasteiger partial charge in [0.05, 0.1) is 0 Å². The maximum atomic E-state index is 11.5. The van der Waals surface area contributed by atoms with Crippen molar-refractivity contribution >= 4 is 5.91 Å². The summed E-state index contributed by atoms with van der Waals surface area (Å²) in [6.45, 7) is 3.15. The van der Waals surface area contributed by atoms with Gasteiger partial charge in [0.15, 0.2) is 0 Å². The van der Waals surface area contributed by atoms with Gasteiger partial charge in [0.1, 0.15) is 0 Å². The first kappa shape index (κ1) is 12.6. The number of aromatic nitrogens is 1. The highest BCUT2D eigenvalue weighted by molar-refractivity contribution is 5.79. The molecule has 0 aromatic carbocycles. The highest BCUT2D eigenvalue weighted by Gasteiger charge is 2.38. The van der Waals surface area contributed by atoms with Crippen LogP contribution in [0.3, 0.4) is 0 Å². The highest BCUT2D eigenvalue weighted by atomic mass is 16.2. The summed E-state index contributed by atoms with van der Waals surface area (Å²) < 4.78 is 0. The van der Waals surface area contributed by atoms with Crippen molar-refractivity contribution in [3.8, 4) is 0 Å². The number of pyridine rings is 1. The molecule has 0 saturated carbocycles. The molecule has 0 aliphatic carbocycles. The molecule has 1 aromatic heterocycles. The van der Waals surface area contributed by atoms with E-state index in [1.807, 2.05) is 18.5 Å². The van der Waals surface area contributed by atoms with Crippen LogP contribution in [0.4, 0.5) is 0 Å². The van der Waals surface area contributed by atoms with Crippen LogP contribution < -0.4 is 5.32 Å². The van der Waals surface area contributed by atoms with E-state index in [2.05, 4.69) is 21.3 Å². The third-order valence-electron chi connectivity index (χ3n) is 4.40. The van der Waals surface area contributed by atoms with Crippen molar-refractivity contribution in [3.05, 3.63) is 30.1 Å². The highest BCUT2D eigenvalue weighted by Crippen LogP contribution is 2.31. The predicted molar refractivity (Wildman–Crippen MR) is 73.5 cm³/mol. The van der Waals surface area contributed by atoms with Crippen LogP contribution in [0.15, 0.2) is 24.5 Å². The standard InChI is InChI=1S/C15H21N3O/c19-14-4-6-15(17-14)5-2-9-18(10-7-15)12-13-3-1-8-16-11-13/h1,3,8,11H,2,4-7,9-10,12H2,(H,17,19). The second kappa shape index (κ2) is 5.29. The van der Waals surface area contributed by atoms with Crippen molar-refractivity contribution in [2.45, 2.75) is 44.2 Å². The molecule has 19 heavy (non-hydrogen) atoms. The molecule has 102 valence electrons. The fraction of sp³-hybridized carbons (Fsp3) is 0.600. The summed E-state index contributed by atoms with van der Waals surface area (Å²) in [4.78, 5) is 18.1. The predicted octanol–water partition coefficient (Wildman–Crippen LogP) is 1.72. The lowest BCUT2D eigenvalue weighted by Gasteiger charge is -2.27. The lowest BCUT2D eigenvalue weighted by molar-refractivity contribution is -0.119. The molecule has 0 radical (unpaired) electrons. The number of hydrogen-bond acceptors (Lipinski definition) is 3. The molecular weight excluding hydrogens is 238 g/mol. The third-order valence-corrected chi connectivity index (χ3v) is 4.40. The van der Waals surface area contributed by atoms with Gasteiger partial charge in [-0.15, -0.1) is 0 Å². The molecule has 2 aliphatic rings. The van der Waals surface area contributed by atoms with Gasteiger partial charge in [-0.05, 0) is 43.9 Å². The molecule has 3 heterocycles. The van der Waals surface area contributed by atoms with E-state index in [-0.39, 0.29) is 11.4 Å². The maximum Gasteiger partial charge on any atom is 0.220 e. The molecule has 1 aromatic rings. The van der Waals surface area contributed by atoms with Crippen molar-refractivity contribution in [3.63, 3.8) is 0 Å². The van der Waals surface area contributed by atoms with Crippen molar-refractivity contribution < 1.29 is 4.79 Å². The van der Waals surface area contributed by atoms with Crippen LogP contribution in [0, 0.1) is 0 Å². The Hall–Kier alpha value is -1.42. The summed E-state index contributed by atoms with van der Waals surface area (Å²) >= 11 is 0. The number of amides is 1. The maximum absolute atomic E-state index is 11.5. The zero-order chi connectivity index (χ0) is 13.1. The van der Waals surface area contributed by atoms with E-state index < -0.39 is 0 Å². The average Bonchev–Trinajstić information content (AvgIpc) is 2.67. The van der Waals surface area contributed by atoms with Gasteiger partial charge in [-0.2, -0.15) is 0 Å². The summed E-state index contributed by atoms with van der Waals surface area (Å²) in [6, 6.07) is 4.12. The monoisotopic (exact) mass is 259 g/mol. The van der Waals surface area contributed by atoms with Crippen LogP contribution in [0.25, 0.3) is 0 Å². The number of nitrogens with zero attached hydrogens (tertiary/aromatic N) is 2. The van der Waals surface area contributed by atoms with E-state index in [1.165, 1.54) is 12.0 Å². The zero-order valence-corrected chi connectivity index (χ0v) is 11.3. The SMILES string of the molecule is O=C1CCC2(CCCN(Cc3cccnc3)CC2)N1. The van der Waals surface area contributed by atoms with Crippen molar-refractivity contribution in [2.75, 3.05) is 13.1 Å². The summed E-state index contributed by atoms with van der Waals surface area (Å²) in [5.74, 6) is 0.237. The zero-order valence-electron chi connectivity index (χ0n) is 11.3. The molecule has 1 atom stereocenters. The van der Waals surface area contributed by atoms with Crippen molar-refractivity contribution in [1.29, 1.82) is 0 Å². The van der Waals surface area contributed by atoms with Crippen molar-refractivity contribution in [2.24, 2.45) is 0 Å². The lowest BCUT2D eigenvalue weighted by atomic mass is 9.89. The molecule has 2 aliphatic heterocycles. The smallest absolute Gasteiger partial charge is 0.220 e. The van der Waals surface area contributed by atoms with Gasteiger partial charge >= 0.3 is 0 Å². The van der Waals surface area contributed by atoms with Crippen LogP contribution >= 0.6 is 0 Å². The van der Waals surface area contributed by atoms with Crippen LogP contribution in [-0.4, -0.2) is 34.4 Å². The summed E-state index contributed by atoms with van der Waals surface area (Å²) in [6.07, 6.45) is 8.87. The normalized spacial score (nSPS) is 28.3. The van der Waals surface area contributed by atoms with Crippen LogP contribution in [0.5, 0.6) is 0 Å². The molecule has 1 amide bonds. The molecule has 3 rings (SSSR count). The second-order valence-electron chi connectivity index (χ2n) is 5.82. The van der Waals surface area contributed by atoms with Gasteiger partial charge in [-0.25, -0.2) is 0 Å². The van der Waals surface area contributed by atoms with Gasteiger partial charge in [-0.3, -0.25) is 14.7 Å². The Bertz CT molecular complexity index is 448. The molecule has 4 heteroatoms. The topological polar surface area (TPSA) is 45.2 Å². The minimum atomic E-state index is 0.0980. The third kappa shape index (κ3) is 2.95. The van der Waals surface area contributed by atoms with Crippen LogP contribution in [-0.2, 0) is 11.3 Å². The Morgan fingerprint density at radius 3 is 3.00 bits per heavy atom. The summed E-state index contributed by atoms with van der Waals surface area (Å²) in [5.41, 5.74) is 1.37. The van der Waals surface area contributed by atoms with Crippen LogP contribution in [0.2, 0.25) is 0 Å². The first-order valence-corrected chi connectivity index (χ1v) is 7.18. The molecular formula is C15H21N3O. The minimum absolute atomic E-state index is 0.0980. The summed E-state index contributed by atoms with van der Waals surface area (Å²) in [5, 5.41) is 3.22. The Kier molecular flexibility index (Phi) is 3.51. The summed E-state index contributed by atoms with van der Waals surface area (Å²) in [7, 11) is 0. The van der Waals surface area contributed by atoms with Gasteiger partial charge in [-0.1, -0.05) is 6.07 Å². The Balaban J connectivity index is 1.60. The van der Waals surface area contributed by atoms with E-state index in [4.69, 9.17) is 0 Å². The quantitative estimate of drug-likeness (QED) is 0.879. The van der Waals surface area contributed by atoms with E-state index >= 15 is 0 Å². The molecule has 4 nitrogen and oxygen atoms in total. The van der Waals surface area contributed by atoms with E-state index in [0.29, 0.717) is 6.42 Å². The Morgan fingerprint density at radius 2 is 2.26 bits per heavy atom. The molecule has 1 spiro atoms. The van der Waals surface area contributed by atoms with Gasteiger partial charge in [0.25, 0.3) is 0 Å². The number of likely N-dealkylation sites (tertiary alicyclic amines) is 1. The number of hydrogen-bond donors (Lipinski definition) is 1. The first-order valence-electron chi connectivity index (χ1n) is 7.18. The average molecular weight is 259 g/mol. The van der Waals surface area contributed by atoms with E-state index in [1.54, 1.807) is 0 Å². The minimum Gasteiger partial charge on any atom is -0.351 e. The largest absolute Gasteiger partial charge is 0.351 e. The van der Waals surface area contributed by atoms with E-state index in [9.17, 15) is 4.79 Å². The molecule has 2 fully saturated rings. The Labute approximate surface area is 114 Å². The molecule has 1 unspecified atom stereocenters. The number of carbonyl (C=O) groups is 1. The number of carbonyl (C=O) groups excluding carboxylic acids is 1. The molecule has 0 bridgehead atoms. The lowest BCUT2D eigenvalue weighted by Crippen LogP contribution is -2.42. The first-order chi connectivity index (χ1) is 9.26. The van der Waals surface area contributed by atoms with Gasteiger partial charge < -0.3 is 5.32 Å². The van der Waals surface area contributed by atoms with Gasteiger partial charge in [0, 0.05) is 37.4 Å². The second-order valence-corrected chi connectivity index (χ2v) is 5.82. The Morgan fingerprint density at radius 1 is 1.32 bits per heavy atom. The van der Waals surface area contributed by atoms with Crippen LogP contribution in [0.1, 0.15) is 37.7 Å². The molecule has 2 saturated heterocycles.